The molecule has 0 bridgehead atoms. The number of halogens is 3. The van der Waals surface area contributed by atoms with Gasteiger partial charge in [0.1, 0.15) is 11.5 Å². The van der Waals surface area contributed by atoms with Gasteiger partial charge < -0.3 is 15.5 Å². The first-order valence-electron chi connectivity index (χ1n) is 5.58. The molecule has 3 N–H and O–H groups in total. The van der Waals surface area contributed by atoms with Crippen LogP contribution < -0.4 is 10.5 Å². The molecular formula is C12H10Cl3N3O2. The first-order chi connectivity index (χ1) is 9.47. The number of aromatic nitrogens is 2. The summed E-state index contributed by atoms with van der Waals surface area (Å²) >= 11 is 17.8. The topological polar surface area (TPSA) is 81.0 Å². The normalized spacial score (nSPS) is 10.6. The highest BCUT2D eigenvalue weighted by atomic mass is 35.5. The molecule has 0 fully saturated rings. The number of carbonyl (C=O) groups excluding carboxylic acids is 1. The maximum atomic E-state index is 10.9. The molecule has 0 saturated carbocycles. The molecule has 2 rings (SSSR count). The van der Waals surface area contributed by atoms with Crippen LogP contribution in [0.4, 0.5) is 0 Å². The number of ether oxygens (including phenoxy) is 1. The SMILES string of the molecule is NC(=O)c1cnc(CCOc2c(Cl)cc(Cl)cc2Cl)[nH]1. The van der Waals surface area contributed by atoms with E-state index in [-0.39, 0.29) is 12.3 Å². The van der Waals surface area contributed by atoms with Crippen molar-refractivity contribution in [2.75, 3.05) is 6.61 Å². The summed E-state index contributed by atoms with van der Waals surface area (Å²) < 4.78 is 5.50. The molecule has 0 aliphatic heterocycles. The Balaban J connectivity index is 1.97. The van der Waals surface area contributed by atoms with Crippen molar-refractivity contribution >= 4 is 40.7 Å². The summed E-state index contributed by atoms with van der Waals surface area (Å²) in [4.78, 5) is 17.7. The van der Waals surface area contributed by atoms with Gasteiger partial charge in [0.25, 0.3) is 5.91 Å². The summed E-state index contributed by atoms with van der Waals surface area (Å²) in [6, 6.07) is 3.09. The van der Waals surface area contributed by atoms with E-state index in [0.29, 0.717) is 33.1 Å². The van der Waals surface area contributed by atoms with Gasteiger partial charge >= 0.3 is 0 Å². The minimum atomic E-state index is -0.562. The molecule has 106 valence electrons. The third-order valence-corrected chi connectivity index (χ3v) is 3.22. The number of aromatic amines is 1. The van der Waals surface area contributed by atoms with E-state index in [0.717, 1.165) is 0 Å². The number of imidazole rings is 1. The molecule has 1 heterocycles. The van der Waals surface area contributed by atoms with Gasteiger partial charge in [-0.15, -0.1) is 0 Å². The Labute approximate surface area is 130 Å². The predicted octanol–water partition coefficient (Wildman–Crippen LogP) is 3.09. The molecule has 0 aliphatic rings. The zero-order valence-electron chi connectivity index (χ0n) is 10.1. The largest absolute Gasteiger partial charge is 0.490 e. The van der Waals surface area contributed by atoms with Crippen molar-refractivity contribution in [3.8, 4) is 5.75 Å². The molecule has 2 aromatic rings. The van der Waals surface area contributed by atoms with E-state index >= 15 is 0 Å². The molecule has 5 nitrogen and oxygen atoms in total. The number of benzene rings is 1. The molecule has 0 aliphatic carbocycles. The third-order valence-electron chi connectivity index (χ3n) is 2.44. The molecule has 8 heteroatoms. The Kier molecular flexibility index (Phi) is 4.75. The molecule has 1 aromatic heterocycles. The van der Waals surface area contributed by atoms with Crippen molar-refractivity contribution in [2.45, 2.75) is 6.42 Å². The lowest BCUT2D eigenvalue weighted by molar-refractivity contribution is 0.0996. The number of nitrogens with two attached hydrogens (primary N) is 1. The van der Waals surface area contributed by atoms with Crippen LogP contribution in [-0.4, -0.2) is 22.5 Å². The quantitative estimate of drug-likeness (QED) is 0.881. The Morgan fingerprint density at radius 2 is 1.95 bits per heavy atom. The number of rotatable bonds is 5. The Morgan fingerprint density at radius 1 is 1.30 bits per heavy atom. The van der Waals surface area contributed by atoms with Crippen LogP contribution in [0.5, 0.6) is 5.75 Å². The number of amides is 1. The van der Waals surface area contributed by atoms with Gasteiger partial charge in [-0.1, -0.05) is 34.8 Å². The van der Waals surface area contributed by atoms with Gasteiger partial charge in [-0.2, -0.15) is 0 Å². The molecule has 20 heavy (non-hydrogen) atoms. The van der Waals surface area contributed by atoms with E-state index in [4.69, 9.17) is 45.3 Å². The van der Waals surface area contributed by atoms with Crippen LogP contribution in [0, 0.1) is 0 Å². The average molecular weight is 335 g/mol. The second kappa shape index (κ2) is 6.35. The first-order valence-corrected chi connectivity index (χ1v) is 6.72. The minimum Gasteiger partial charge on any atom is -0.490 e. The van der Waals surface area contributed by atoms with E-state index in [2.05, 4.69) is 9.97 Å². The van der Waals surface area contributed by atoms with Gasteiger partial charge in [0.2, 0.25) is 0 Å². The minimum absolute atomic E-state index is 0.252. The van der Waals surface area contributed by atoms with Gasteiger partial charge in [-0.05, 0) is 12.1 Å². The highest BCUT2D eigenvalue weighted by molar-refractivity contribution is 6.40. The molecular weight excluding hydrogens is 325 g/mol. The van der Waals surface area contributed by atoms with Crippen LogP contribution in [0.15, 0.2) is 18.3 Å². The molecule has 0 atom stereocenters. The lowest BCUT2D eigenvalue weighted by Gasteiger charge is -2.09. The van der Waals surface area contributed by atoms with Crippen molar-refractivity contribution in [3.63, 3.8) is 0 Å². The van der Waals surface area contributed by atoms with E-state index in [1.165, 1.54) is 6.20 Å². The van der Waals surface area contributed by atoms with E-state index in [1.807, 2.05) is 0 Å². The molecule has 1 amide bonds. The average Bonchev–Trinajstić information content (AvgIpc) is 2.81. The molecule has 0 unspecified atom stereocenters. The van der Waals surface area contributed by atoms with Crippen LogP contribution in [0.2, 0.25) is 15.1 Å². The second-order valence-corrected chi connectivity index (χ2v) is 5.16. The van der Waals surface area contributed by atoms with Crippen molar-refractivity contribution in [3.05, 3.63) is 44.9 Å². The van der Waals surface area contributed by atoms with Gasteiger partial charge in [0, 0.05) is 11.4 Å². The summed E-state index contributed by atoms with van der Waals surface area (Å²) in [5.74, 6) is 0.382. The maximum absolute atomic E-state index is 10.9. The monoisotopic (exact) mass is 333 g/mol. The van der Waals surface area contributed by atoms with Gasteiger partial charge in [-0.3, -0.25) is 4.79 Å². The third kappa shape index (κ3) is 3.56. The number of H-pyrrole nitrogens is 1. The molecule has 0 saturated heterocycles. The van der Waals surface area contributed by atoms with Crippen molar-refractivity contribution in [1.29, 1.82) is 0 Å². The maximum Gasteiger partial charge on any atom is 0.266 e. The van der Waals surface area contributed by atoms with Crippen LogP contribution in [0.1, 0.15) is 16.3 Å². The summed E-state index contributed by atoms with van der Waals surface area (Å²) in [7, 11) is 0. The zero-order valence-corrected chi connectivity index (χ0v) is 12.4. The van der Waals surface area contributed by atoms with Gasteiger partial charge in [0.15, 0.2) is 5.75 Å². The summed E-state index contributed by atoms with van der Waals surface area (Å²) in [5.41, 5.74) is 5.36. The van der Waals surface area contributed by atoms with Crippen LogP contribution in [-0.2, 0) is 6.42 Å². The standard InChI is InChI=1S/C12H10Cl3N3O2/c13-6-3-7(14)11(8(15)4-6)20-2-1-10-17-5-9(18-10)12(16)19/h3-5H,1-2H2,(H2,16,19)(H,17,18). The number of hydrogen-bond acceptors (Lipinski definition) is 3. The van der Waals surface area contributed by atoms with Gasteiger partial charge in [-0.25, -0.2) is 4.98 Å². The number of nitrogens with one attached hydrogen (secondary N) is 1. The smallest absolute Gasteiger partial charge is 0.266 e. The van der Waals surface area contributed by atoms with Crippen LogP contribution in [0.3, 0.4) is 0 Å². The Morgan fingerprint density at radius 3 is 2.50 bits per heavy atom. The number of primary amides is 1. The van der Waals surface area contributed by atoms with Crippen molar-refractivity contribution in [2.24, 2.45) is 5.73 Å². The highest BCUT2D eigenvalue weighted by Crippen LogP contribution is 2.35. The van der Waals surface area contributed by atoms with E-state index in [1.54, 1.807) is 12.1 Å². The fraction of sp³-hybridized carbons (Fsp3) is 0.167. The Hall–Kier alpha value is -1.43. The first kappa shape index (κ1) is 15.0. The summed E-state index contributed by atoms with van der Waals surface area (Å²) in [6.45, 7) is 0.285. The number of nitrogens with zero attached hydrogens (tertiary/aromatic N) is 1. The predicted molar refractivity (Wildman–Crippen MR) is 77.8 cm³/mol. The van der Waals surface area contributed by atoms with E-state index < -0.39 is 5.91 Å². The van der Waals surface area contributed by atoms with Gasteiger partial charge in [0.05, 0.1) is 22.8 Å². The molecule has 1 aromatic carbocycles. The lowest BCUT2D eigenvalue weighted by atomic mass is 10.3. The fourth-order valence-electron chi connectivity index (χ4n) is 1.53. The van der Waals surface area contributed by atoms with E-state index in [9.17, 15) is 4.79 Å². The number of carbonyl (C=O) groups is 1. The van der Waals surface area contributed by atoms with Crippen LogP contribution in [0.25, 0.3) is 0 Å². The molecule has 0 spiro atoms. The summed E-state index contributed by atoms with van der Waals surface area (Å²) in [5, 5.41) is 1.10. The zero-order chi connectivity index (χ0) is 14.7. The summed E-state index contributed by atoms with van der Waals surface area (Å²) in [6.07, 6.45) is 1.82. The second-order valence-electron chi connectivity index (χ2n) is 3.90. The fourth-order valence-corrected chi connectivity index (χ4v) is 2.46. The number of hydrogen-bond donors (Lipinski definition) is 2. The van der Waals surface area contributed by atoms with Crippen molar-refractivity contribution < 1.29 is 9.53 Å². The van der Waals surface area contributed by atoms with Crippen LogP contribution >= 0.6 is 34.8 Å². The van der Waals surface area contributed by atoms with Crippen molar-refractivity contribution in [1.82, 2.24) is 9.97 Å². The lowest BCUT2D eigenvalue weighted by Crippen LogP contribution is -2.11. The highest BCUT2D eigenvalue weighted by Gasteiger charge is 2.10. The molecule has 0 radical (unpaired) electrons. The Bertz CT molecular complexity index is 620.